The van der Waals surface area contributed by atoms with Gasteiger partial charge in [0, 0.05) is 17.5 Å². The molecule has 2 aliphatic heterocycles. The Morgan fingerprint density at radius 2 is 1.80 bits per heavy atom. The number of nitrogens with zero attached hydrogens (tertiary/aromatic N) is 3. The predicted molar refractivity (Wildman–Crippen MR) is 111 cm³/mol. The number of hydrogen-bond donors (Lipinski definition) is 0. The zero-order valence-corrected chi connectivity index (χ0v) is 17.1. The van der Waals surface area contributed by atoms with Crippen LogP contribution in [0.15, 0.2) is 54.7 Å². The van der Waals surface area contributed by atoms with Crippen LogP contribution < -0.4 is 0 Å². The summed E-state index contributed by atoms with van der Waals surface area (Å²) in [6.07, 6.45) is 3.71. The van der Waals surface area contributed by atoms with E-state index in [0.717, 1.165) is 11.1 Å². The van der Waals surface area contributed by atoms with Gasteiger partial charge >= 0.3 is 0 Å². The Bertz CT molecular complexity index is 1120. The Balaban J connectivity index is 2.03. The number of carbonyl (C=O) groups is 1. The van der Waals surface area contributed by atoms with Crippen molar-refractivity contribution in [1.82, 2.24) is 4.90 Å². The largest absolute Gasteiger partial charge is 0.357 e. The molecule has 0 radical (unpaired) electrons. The van der Waals surface area contributed by atoms with Gasteiger partial charge in [0.25, 0.3) is 0 Å². The number of halogens is 1. The van der Waals surface area contributed by atoms with Gasteiger partial charge in [-0.15, -0.1) is 0 Å². The lowest BCUT2D eigenvalue weighted by Crippen LogP contribution is -2.43. The molecule has 0 amide bonds. The highest BCUT2D eigenvalue weighted by Gasteiger charge is 2.64. The van der Waals surface area contributed by atoms with E-state index in [4.69, 9.17) is 0 Å². The zero-order valence-electron chi connectivity index (χ0n) is 17.1. The normalized spacial score (nSPS) is 23.8. The summed E-state index contributed by atoms with van der Waals surface area (Å²) in [6.45, 7) is 5.48. The van der Waals surface area contributed by atoms with Gasteiger partial charge in [-0.1, -0.05) is 57.2 Å². The summed E-state index contributed by atoms with van der Waals surface area (Å²) in [5.41, 5.74) is -0.0301. The van der Waals surface area contributed by atoms with Crippen molar-refractivity contribution in [2.75, 3.05) is 0 Å². The number of nitriles is 2. The molecule has 0 spiro atoms. The van der Waals surface area contributed by atoms with Crippen LogP contribution in [0.2, 0.25) is 0 Å². The monoisotopic (exact) mass is 399 g/mol. The summed E-state index contributed by atoms with van der Waals surface area (Å²) in [7, 11) is 0. The van der Waals surface area contributed by atoms with E-state index in [1.807, 2.05) is 62.2 Å². The fourth-order valence-electron chi connectivity index (χ4n) is 4.81. The minimum absolute atomic E-state index is 0.0850. The van der Waals surface area contributed by atoms with Crippen LogP contribution in [-0.2, 0) is 4.79 Å². The minimum atomic E-state index is -1.56. The number of ketones is 1. The Morgan fingerprint density at radius 3 is 2.43 bits per heavy atom. The van der Waals surface area contributed by atoms with Gasteiger partial charge in [0.1, 0.15) is 5.82 Å². The Kier molecular flexibility index (Phi) is 4.51. The van der Waals surface area contributed by atoms with Crippen LogP contribution in [0.5, 0.6) is 0 Å². The van der Waals surface area contributed by atoms with Crippen LogP contribution in [0, 0.1) is 39.3 Å². The molecule has 2 aromatic rings. The van der Waals surface area contributed by atoms with Crippen LogP contribution in [-0.4, -0.2) is 16.7 Å². The molecule has 0 aromatic heterocycles. The smallest absolute Gasteiger partial charge is 0.177 e. The summed E-state index contributed by atoms with van der Waals surface area (Å²) in [6, 6.07) is 16.6. The maximum absolute atomic E-state index is 14.2. The summed E-state index contributed by atoms with van der Waals surface area (Å²) in [5.74, 6) is -1.34. The highest BCUT2D eigenvalue weighted by Crippen LogP contribution is 2.60. The summed E-state index contributed by atoms with van der Waals surface area (Å²) >= 11 is 0. The first-order valence-corrected chi connectivity index (χ1v) is 9.91. The molecule has 2 heterocycles. The summed E-state index contributed by atoms with van der Waals surface area (Å²) in [4.78, 5) is 15.5. The lowest BCUT2D eigenvalue weighted by molar-refractivity contribution is -0.130. The highest BCUT2D eigenvalue weighted by atomic mass is 19.1. The van der Waals surface area contributed by atoms with Crippen molar-refractivity contribution in [1.29, 1.82) is 10.5 Å². The van der Waals surface area contributed by atoms with Gasteiger partial charge in [-0.3, -0.25) is 4.79 Å². The summed E-state index contributed by atoms with van der Waals surface area (Å²) in [5, 5.41) is 20.7. The SMILES string of the molecule is CC(C)(C)C(=O)[C@H]1[C@H](c2cccc(F)c2)C(C#N)(C#N)[C@@H]2c3ccccc3C=CN21. The number of Topliss-reactive ketones (excluding diaryl/α,β-unsaturated/α-hetero) is 1. The molecule has 4 rings (SSSR count). The molecule has 0 aliphatic carbocycles. The van der Waals surface area contributed by atoms with Crippen LogP contribution >= 0.6 is 0 Å². The molecule has 150 valence electrons. The topological polar surface area (TPSA) is 67.9 Å². The van der Waals surface area contributed by atoms with Crippen LogP contribution in [0.1, 0.15) is 49.4 Å². The zero-order chi connectivity index (χ0) is 21.7. The van der Waals surface area contributed by atoms with Gasteiger partial charge in [-0.25, -0.2) is 4.39 Å². The standard InChI is InChI=1S/C25H22FN3O/c1-24(2,3)23(30)21-20(17-8-6-9-18(26)13-17)25(14-27,15-28)22-19-10-5-4-7-16(19)11-12-29(21)22/h4-13,20-22H,1-3H3/t20-,21+,22-/m0/s1. The molecule has 5 heteroatoms. The molecular formula is C25H22FN3O. The quantitative estimate of drug-likeness (QED) is 0.715. The molecule has 3 atom stereocenters. The molecule has 4 nitrogen and oxygen atoms in total. The molecule has 1 fully saturated rings. The second kappa shape index (κ2) is 6.82. The third-order valence-corrected chi connectivity index (χ3v) is 6.16. The van der Waals surface area contributed by atoms with Crippen LogP contribution in [0.3, 0.4) is 0 Å². The second-order valence-corrected chi connectivity index (χ2v) is 8.98. The van der Waals surface area contributed by atoms with E-state index in [1.54, 1.807) is 12.1 Å². The molecule has 30 heavy (non-hydrogen) atoms. The maximum Gasteiger partial charge on any atom is 0.177 e. The predicted octanol–water partition coefficient (Wildman–Crippen LogP) is 4.97. The first-order chi connectivity index (χ1) is 14.2. The molecule has 2 aromatic carbocycles. The van der Waals surface area contributed by atoms with E-state index < -0.39 is 34.6 Å². The highest BCUT2D eigenvalue weighted by molar-refractivity contribution is 5.91. The average molecular weight is 399 g/mol. The second-order valence-electron chi connectivity index (χ2n) is 8.98. The van der Waals surface area contributed by atoms with Crippen LogP contribution in [0.4, 0.5) is 4.39 Å². The molecular weight excluding hydrogens is 377 g/mol. The Labute approximate surface area is 175 Å². The lowest BCUT2D eigenvalue weighted by Gasteiger charge is -2.36. The lowest BCUT2D eigenvalue weighted by atomic mass is 9.66. The van der Waals surface area contributed by atoms with Crippen molar-refractivity contribution in [3.8, 4) is 12.1 Å². The van der Waals surface area contributed by atoms with E-state index in [0.29, 0.717) is 5.56 Å². The first-order valence-electron chi connectivity index (χ1n) is 9.91. The third-order valence-electron chi connectivity index (χ3n) is 6.16. The maximum atomic E-state index is 14.2. The van der Waals surface area contributed by atoms with Crippen molar-refractivity contribution >= 4 is 11.9 Å². The molecule has 2 aliphatic rings. The fraction of sp³-hybridized carbons (Fsp3) is 0.320. The first kappa shape index (κ1) is 19.9. The van der Waals surface area contributed by atoms with E-state index in [1.165, 1.54) is 12.1 Å². The number of carbonyl (C=O) groups excluding carboxylic acids is 1. The Hall–Kier alpha value is -3.44. The Morgan fingerprint density at radius 1 is 1.10 bits per heavy atom. The van der Waals surface area contributed by atoms with Gasteiger partial charge in [-0.2, -0.15) is 10.5 Å². The fourth-order valence-corrected chi connectivity index (χ4v) is 4.81. The van der Waals surface area contributed by atoms with E-state index in [2.05, 4.69) is 12.1 Å². The van der Waals surface area contributed by atoms with Crippen molar-refractivity contribution < 1.29 is 9.18 Å². The van der Waals surface area contributed by atoms with Gasteiger partial charge in [0.15, 0.2) is 11.2 Å². The van der Waals surface area contributed by atoms with E-state index in [9.17, 15) is 19.7 Å². The summed E-state index contributed by atoms with van der Waals surface area (Å²) < 4.78 is 14.2. The van der Waals surface area contributed by atoms with Crippen molar-refractivity contribution in [3.05, 3.63) is 77.2 Å². The number of rotatable bonds is 2. The molecule has 0 N–H and O–H groups in total. The van der Waals surface area contributed by atoms with Crippen molar-refractivity contribution in [2.24, 2.45) is 10.8 Å². The van der Waals surface area contributed by atoms with Gasteiger partial charge in [0.05, 0.1) is 24.2 Å². The van der Waals surface area contributed by atoms with Crippen molar-refractivity contribution in [2.45, 2.75) is 38.8 Å². The average Bonchev–Trinajstić information content (AvgIpc) is 3.03. The molecule has 0 unspecified atom stereocenters. The van der Waals surface area contributed by atoms with Gasteiger partial charge in [-0.05, 0) is 34.9 Å². The molecule has 0 bridgehead atoms. The van der Waals surface area contributed by atoms with E-state index in [-0.39, 0.29) is 5.78 Å². The van der Waals surface area contributed by atoms with E-state index >= 15 is 0 Å². The number of benzene rings is 2. The number of hydrogen-bond acceptors (Lipinski definition) is 4. The molecule has 1 saturated heterocycles. The third kappa shape index (κ3) is 2.74. The number of fused-ring (bicyclic) bond motifs is 3. The van der Waals surface area contributed by atoms with Crippen LogP contribution in [0.25, 0.3) is 6.08 Å². The van der Waals surface area contributed by atoms with Crippen molar-refractivity contribution in [3.63, 3.8) is 0 Å². The minimum Gasteiger partial charge on any atom is -0.357 e. The molecule has 0 saturated carbocycles. The van der Waals surface area contributed by atoms with Gasteiger partial charge in [0.2, 0.25) is 0 Å². The van der Waals surface area contributed by atoms with Gasteiger partial charge < -0.3 is 4.90 Å².